The third-order valence-corrected chi connectivity index (χ3v) is 14.0. The molecule has 0 saturated carbocycles. The topological polar surface area (TPSA) is 56.5 Å². The van der Waals surface area contributed by atoms with Crippen molar-refractivity contribution >= 4 is 53.3 Å². The van der Waals surface area contributed by atoms with Crippen LogP contribution in [0.25, 0.3) is 126 Å². The molecule has 0 aliphatic rings. The van der Waals surface area contributed by atoms with Crippen LogP contribution in [0.2, 0.25) is 0 Å². The minimum absolute atomic E-state index is 0.550. The Labute approximate surface area is 397 Å². The van der Waals surface area contributed by atoms with Crippen molar-refractivity contribution in [2.45, 2.75) is 0 Å². The largest absolute Gasteiger partial charge is 0.309 e. The highest BCUT2D eigenvalue weighted by Crippen LogP contribution is 2.46. The van der Waals surface area contributed by atoms with Gasteiger partial charge in [-0.25, -0.2) is 15.0 Å². The number of hydrogen-bond donors (Lipinski definition) is 0. The fraction of sp³-hybridized carbons (Fsp3) is 0. The van der Waals surface area contributed by atoms with Crippen LogP contribution < -0.4 is 0 Å². The molecule has 9 aromatic carbocycles. The van der Waals surface area contributed by atoms with Crippen molar-refractivity contribution < 1.29 is 0 Å². The minimum atomic E-state index is 0.550. The van der Waals surface area contributed by atoms with Crippen LogP contribution in [0.3, 0.4) is 0 Å². The maximum atomic E-state index is 5.43. The van der Waals surface area contributed by atoms with E-state index >= 15 is 0 Å². The predicted molar refractivity (Wildman–Crippen MR) is 283 cm³/mol. The van der Waals surface area contributed by atoms with Crippen LogP contribution >= 0.6 is 11.3 Å². The fourth-order valence-corrected chi connectivity index (χ4v) is 10.9. The number of nitrogens with zero attached hydrogens (tertiary/aromatic N) is 5. The smallest absolute Gasteiger partial charge is 0.166 e. The van der Waals surface area contributed by atoms with E-state index in [2.05, 4.69) is 174 Å². The first kappa shape index (κ1) is 39.5. The summed E-state index contributed by atoms with van der Waals surface area (Å²) in [7, 11) is 0. The highest BCUT2D eigenvalue weighted by atomic mass is 32.1. The molecule has 0 unspecified atom stereocenters. The summed E-state index contributed by atoms with van der Waals surface area (Å²) >= 11 is 1.82. The maximum Gasteiger partial charge on any atom is 0.166 e. The van der Waals surface area contributed by atoms with E-state index in [1.165, 1.54) is 42.0 Å². The van der Waals surface area contributed by atoms with Crippen molar-refractivity contribution in [1.29, 1.82) is 0 Å². The third-order valence-electron chi connectivity index (χ3n) is 12.9. The van der Waals surface area contributed by atoms with E-state index in [0.29, 0.717) is 17.5 Å². The molecule has 0 aliphatic carbocycles. The van der Waals surface area contributed by atoms with Crippen molar-refractivity contribution in [1.82, 2.24) is 24.5 Å². The normalized spacial score (nSPS) is 11.5. The van der Waals surface area contributed by atoms with Crippen molar-refractivity contribution in [2.24, 2.45) is 0 Å². The third kappa shape index (κ3) is 6.86. The predicted octanol–water partition coefficient (Wildman–Crippen LogP) is 16.4. The molecule has 68 heavy (non-hydrogen) atoms. The standard InChI is InChI=1S/C62H39N5S/c1-6-18-40(19-7-1)44-30-32-48(41-20-8-2-9-21-41)51(36-44)46-37-52(62-65-60(42-22-10-3-11-23-42)64-61(66-62)43-24-12-4-13-25-43)59(63-39-46)45-31-33-50-56(38-45)68-55-35-34-54-57(58(50)55)49-28-16-17-29-53(49)67(54)47-26-14-5-15-27-47/h1-39H. The monoisotopic (exact) mass is 885 g/mol. The van der Waals surface area contributed by atoms with Crippen LogP contribution in [0, 0.1) is 0 Å². The zero-order chi connectivity index (χ0) is 45.0. The molecule has 4 aromatic heterocycles. The summed E-state index contributed by atoms with van der Waals surface area (Å²) in [6.45, 7) is 0. The Kier molecular flexibility index (Phi) is 9.62. The van der Waals surface area contributed by atoms with Gasteiger partial charge in [-0.15, -0.1) is 11.3 Å². The molecule has 5 nitrogen and oxygen atoms in total. The van der Waals surface area contributed by atoms with Crippen LogP contribution in [-0.4, -0.2) is 24.5 Å². The van der Waals surface area contributed by atoms with Crippen molar-refractivity contribution in [3.8, 4) is 84.5 Å². The molecule has 4 heterocycles. The molecule has 13 rings (SSSR count). The summed E-state index contributed by atoms with van der Waals surface area (Å²) in [5.41, 5.74) is 14.5. The zero-order valence-electron chi connectivity index (χ0n) is 36.7. The molecule has 0 spiro atoms. The van der Waals surface area contributed by atoms with Crippen molar-refractivity contribution in [3.05, 3.63) is 237 Å². The lowest BCUT2D eigenvalue weighted by Crippen LogP contribution is -2.02. The Bertz CT molecular complexity index is 3940. The minimum Gasteiger partial charge on any atom is -0.309 e. The van der Waals surface area contributed by atoms with Gasteiger partial charge in [0.25, 0.3) is 0 Å². The van der Waals surface area contributed by atoms with E-state index in [1.807, 2.05) is 78.2 Å². The van der Waals surface area contributed by atoms with Crippen LogP contribution in [-0.2, 0) is 0 Å². The van der Waals surface area contributed by atoms with Gasteiger partial charge in [0, 0.05) is 70.6 Å². The molecule has 6 heteroatoms. The van der Waals surface area contributed by atoms with Gasteiger partial charge in [0.2, 0.25) is 0 Å². The molecule has 0 N–H and O–H groups in total. The van der Waals surface area contributed by atoms with Gasteiger partial charge in [0.1, 0.15) is 0 Å². The van der Waals surface area contributed by atoms with Gasteiger partial charge >= 0.3 is 0 Å². The van der Waals surface area contributed by atoms with Gasteiger partial charge in [0.15, 0.2) is 17.5 Å². The lowest BCUT2D eigenvalue weighted by Gasteiger charge is -2.16. The second-order valence-corrected chi connectivity index (χ2v) is 18.1. The fourth-order valence-electron chi connectivity index (χ4n) is 9.73. The maximum absolute atomic E-state index is 5.43. The van der Waals surface area contributed by atoms with Gasteiger partial charge in [-0.2, -0.15) is 0 Å². The molecule has 318 valence electrons. The molecule has 0 amide bonds. The summed E-state index contributed by atoms with van der Waals surface area (Å²) in [4.78, 5) is 21.1. The van der Waals surface area contributed by atoms with Crippen LogP contribution in [0.4, 0.5) is 0 Å². The van der Waals surface area contributed by atoms with Crippen molar-refractivity contribution in [3.63, 3.8) is 0 Å². The van der Waals surface area contributed by atoms with Gasteiger partial charge in [-0.3, -0.25) is 4.98 Å². The van der Waals surface area contributed by atoms with Crippen molar-refractivity contribution in [2.75, 3.05) is 0 Å². The number of aromatic nitrogens is 5. The molecular weight excluding hydrogens is 847 g/mol. The van der Waals surface area contributed by atoms with E-state index in [-0.39, 0.29) is 0 Å². The Morgan fingerprint density at radius 3 is 1.59 bits per heavy atom. The Balaban J connectivity index is 1.05. The van der Waals surface area contributed by atoms with Gasteiger partial charge < -0.3 is 4.57 Å². The number of thiophene rings is 1. The first-order valence-electron chi connectivity index (χ1n) is 22.8. The summed E-state index contributed by atoms with van der Waals surface area (Å²) < 4.78 is 4.82. The quantitative estimate of drug-likeness (QED) is 0.153. The van der Waals surface area contributed by atoms with Crippen LogP contribution in [0.5, 0.6) is 0 Å². The number of rotatable bonds is 8. The molecular formula is C62H39N5S. The Morgan fingerprint density at radius 1 is 0.324 bits per heavy atom. The van der Waals surface area contributed by atoms with Gasteiger partial charge in [0.05, 0.1) is 16.7 Å². The van der Waals surface area contributed by atoms with Gasteiger partial charge in [-0.1, -0.05) is 182 Å². The highest BCUT2D eigenvalue weighted by Gasteiger charge is 2.22. The summed E-state index contributed by atoms with van der Waals surface area (Å²) in [6.07, 6.45) is 2.02. The molecule has 13 aromatic rings. The number of pyridine rings is 1. The SMILES string of the molecule is c1ccc(-c2ccc(-c3ccccc3)c(-c3cnc(-c4ccc5c(c4)sc4ccc6c(c7ccccc7n6-c6ccccc6)c45)c(-c4nc(-c5ccccc5)nc(-c5ccccc5)n4)c3)c2)cc1. The average Bonchev–Trinajstić information content (AvgIpc) is 3.97. The first-order valence-corrected chi connectivity index (χ1v) is 23.6. The summed E-state index contributed by atoms with van der Waals surface area (Å²) in [5.74, 6) is 1.75. The van der Waals surface area contributed by atoms with Gasteiger partial charge in [-0.05, 0) is 76.3 Å². The zero-order valence-corrected chi connectivity index (χ0v) is 37.5. The number of para-hydroxylation sites is 2. The van der Waals surface area contributed by atoms with E-state index < -0.39 is 0 Å². The number of benzene rings is 9. The second kappa shape index (κ2) is 16.5. The van der Waals surface area contributed by atoms with E-state index in [9.17, 15) is 0 Å². The number of hydrogen-bond acceptors (Lipinski definition) is 5. The van der Waals surface area contributed by atoms with Crippen LogP contribution in [0.1, 0.15) is 0 Å². The molecule has 0 fully saturated rings. The van der Waals surface area contributed by atoms with E-state index in [1.54, 1.807) is 0 Å². The summed E-state index contributed by atoms with van der Waals surface area (Å²) in [6, 6.07) is 81.2. The molecule has 0 saturated heterocycles. The Morgan fingerprint density at radius 2 is 0.897 bits per heavy atom. The highest BCUT2D eigenvalue weighted by molar-refractivity contribution is 7.26. The van der Waals surface area contributed by atoms with E-state index in [0.717, 1.165) is 67.0 Å². The second-order valence-electron chi connectivity index (χ2n) is 17.0. The number of fused-ring (bicyclic) bond motifs is 7. The van der Waals surface area contributed by atoms with Crippen LogP contribution in [0.15, 0.2) is 237 Å². The molecule has 0 aliphatic heterocycles. The molecule has 0 bridgehead atoms. The van der Waals surface area contributed by atoms with E-state index in [4.69, 9.17) is 19.9 Å². The molecule has 0 radical (unpaired) electrons. The average molecular weight is 886 g/mol. The lowest BCUT2D eigenvalue weighted by atomic mass is 9.90. The molecule has 0 atom stereocenters. The lowest BCUT2D eigenvalue weighted by molar-refractivity contribution is 1.07. The first-order chi connectivity index (χ1) is 33.7. The Hall–Kier alpha value is -8.84. The summed E-state index contributed by atoms with van der Waals surface area (Å²) in [5, 5.41) is 5.00.